The minimum Gasteiger partial charge on any atom is -0.481 e. The number of hydrogen-bond acceptors (Lipinski definition) is 8. The van der Waals surface area contributed by atoms with Crippen molar-refractivity contribution in [2.75, 3.05) is 64.1 Å². The number of amides is 1. The van der Waals surface area contributed by atoms with Gasteiger partial charge in [-0.05, 0) is 74.0 Å². The predicted octanol–water partition coefficient (Wildman–Crippen LogP) is 6.96. The number of carbonyl (C=O) groups excluding carboxylic acids is 1. The molecule has 2 aromatic rings. The van der Waals surface area contributed by atoms with E-state index in [0.717, 1.165) is 12.8 Å². The molecule has 3 aliphatic heterocycles. The third kappa shape index (κ3) is 8.21. The first kappa shape index (κ1) is 35.4. The van der Waals surface area contributed by atoms with Crippen molar-refractivity contribution in [3.8, 4) is 11.8 Å². The van der Waals surface area contributed by atoms with Crippen LogP contribution in [-0.4, -0.2) is 109 Å². The van der Waals surface area contributed by atoms with Crippen molar-refractivity contribution in [2.45, 2.75) is 70.4 Å². The van der Waals surface area contributed by atoms with E-state index in [0.29, 0.717) is 68.9 Å². The van der Waals surface area contributed by atoms with Crippen molar-refractivity contribution >= 4 is 44.8 Å². The van der Waals surface area contributed by atoms with Gasteiger partial charge in [-0.25, -0.2) is 13.6 Å². The van der Waals surface area contributed by atoms with Gasteiger partial charge in [0.15, 0.2) is 12.4 Å². The highest BCUT2D eigenvalue weighted by atomic mass is 79.9. The Morgan fingerprint density at radius 3 is 2.30 bits per heavy atom. The zero-order valence-corrected chi connectivity index (χ0v) is 28.4. The van der Waals surface area contributed by atoms with Gasteiger partial charge in [0.2, 0.25) is 0 Å². The van der Waals surface area contributed by atoms with E-state index in [2.05, 4.69) is 32.4 Å². The number of ether oxygens (including phenoxy) is 3. The van der Waals surface area contributed by atoms with Gasteiger partial charge in [-0.2, -0.15) is 23.1 Å². The maximum Gasteiger partial charge on any atom is 0.422 e. The lowest BCUT2D eigenvalue weighted by Crippen LogP contribution is -2.62. The molecule has 3 saturated heterocycles. The van der Waals surface area contributed by atoms with E-state index in [-0.39, 0.29) is 39.4 Å². The monoisotopic (exact) mass is 733 g/mol. The lowest BCUT2D eigenvalue weighted by molar-refractivity contribution is -0.153. The summed E-state index contributed by atoms with van der Waals surface area (Å²) in [4.78, 5) is 27.4. The molecule has 0 aliphatic carbocycles. The standard InChI is InChI=1S/C32H41BrF5N5O4/c1-5-20-14-23-25(26(24(20)33)45-19-32(36,37)38)39-28(46-22-6-10-41(11-7-22)21(15-34)16-35)40-27(23)42-12-8-31(9-13-42)17-43(18-31)29(44)47-30(2,3)4/h5,14,21-22H,1,6-13,15-19H2,2-4H3. The van der Waals surface area contributed by atoms with Gasteiger partial charge in [0, 0.05) is 50.1 Å². The van der Waals surface area contributed by atoms with Gasteiger partial charge in [0.25, 0.3) is 0 Å². The van der Waals surface area contributed by atoms with E-state index >= 15 is 0 Å². The summed E-state index contributed by atoms with van der Waals surface area (Å²) in [6.45, 7) is 9.40. The number of anilines is 1. The number of alkyl halides is 5. The second-order valence-corrected chi connectivity index (χ2v) is 14.4. The number of hydrogen-bond donors (Lipinski definition) is 0. The fourth-order valence-corrected chi connectivity index (χ4v) is 6.98. The smallest absolute Gasteiger partial charge is 0.422 e. The summed E-state index contributed by atoms with van der Waals surface area (Å²) in [6.07, 6.45) is -1.29. The molecule has 0 saturated carbocycles. The molecule has 0 bridgehead atoms. The van der Waals surface area contributed by atoms with Crippen LogP contribution in [0.4, 0.5) is 32.6 Å². The van der Waals surface area contributed by atoms with E-state index < -0.39 is 37.8 Å². The van der Waals surface area contributed by atoms with E-state index in [9.17, 15) is 26.7 Å². The lowest BCUT2D eigenvalue weighted by Gasteiger charge is -2.53. The Bertz CT molecular complexity index is 1440. The highest BCUT2D eigenvalue weighted by Crippen LogP contribution is 2.45. The largest absolute Gasteiger partial charge is 0.481 e. The van der Waals surface area contributed by atoms with Gasteiger partial charge in [-0.1, -0.05) is 12.7 Å². The van der Waals surface area contributed by atoms with Crippen molar-refractivity contribution < 1.29 is 41.0 Å². The lowest BCUT2D eigenvalue weighted by atomic mass is 9.72. The van der Waals surface area contributed by atoms with Crippen LogP contribution in [0.5, 0.6) is 11.8 Å². The van der Waals surface area contributed by atoms with Gasteiger partial charge in [-0.3, -0.25) is 4.90 Å². The molecule has 15 heteroatoms. The summed E-state index contributed by atoms with van der Waals surface area (Å²) in [7, 11) is 0. The van der Waals surface area contributed by atoms with Crippen molar-refractivity contribution in [3.63, 3.8) is 0 Å². The molecule has 1 aromatic heterocycles. The fraction of sp³-hybridized carbons (Fsp3) is 0.656. The molecular formula is C32H41BrF5N5O4. The third-order valence-electron chi connectivity index (χ3n) is 8.92. The molecule has 0 unspecified atom stereocenters. The van der Waals surface area contributed by atoms with Crippen LogP contribution in [0.15, 0.2) is 17.1 Å². The fourth-order valence-electron chi connectivity index (χ4n) is 6.40. The zero-order valence-electron chi connectivity index (χ0n) is 26.8. The minimum atomic E-state index is -4.59. The highest BCUT2D eigenvalue weighted by Gasteiger charge is 2.48. The summed E-state index contributed by atoms with van der Waals surface area (Å²) in [5.74, 6) is 0.384. The molecule has 260 valence electrons. The van der Waals surface area contributed by atoms with E-state index in [1.807, 2.05) is 20.8 Å². The number of piperidine rings is 2. The second-order valence-electron chi connectivity index (χ2n) is 13.6. The van der Waals surface area contributed by atoms with Crippen LogP contribution in [-0.2, 0) is 4.74 Å². The Kier molecular flexibility index (Phi) is 10.5. The number of rotatable bonds is 9. The summed E-state index contributed by atoms with van der Waals surface area (Å²) < 4.78 is 83.8. The average Bonchev–Trinajstić information content (AvgIpc) is 2.99. The molecule has 3 fully saturated rings. The van der Waals surface area contributed by atoms with E-state index in [1.54, 1.807) is 15.9 Å². The van der Waals surface area contributed by atoms with Crippen LogP contribution in [0.2, 0.25) is 0 Å². The first-order valence-electron chi connectivity index (χ1n) is 15.8. The van der Waals surface area contributed by atoms with E-state index in [4.69, 9.17) is 19.2 Å². The summed E-state index contributed by atoms with van der Waals surface area (Å²) in [5.41, 5.74) is 0.0217. The van der Waals surface area contributed by atoms with Gasteiger partial charge in [0.05, 0.1) is 10.5 Å². The SMILES string of the molecule is C=Cc1cc2c(N3CCC4(CC3)CN(C(=O)OC(C)(C)C)C4)nc(OC3CCN(C(CF)CF)CC3)nc2c(OCC(F)(F)F)c1Br. The van der Waals surface area contributed by atoms with Gasteiger partial charge in [0.1, 0.15) is 36.4 Å². The number of carbonyl (C=O) groups is 1. The molecule has 1 spiro atoms. The van der Waals surface area contributed by atoms with Crippen molar-refractivity contribution in [3.05, 3.63) is 22.7 Å². The second kappa shape index (κ2) is 13.9. The van der Waals surface area contributed by atoms with Crippen LogP contribution < -0.4 is 14.4 Å². The number of aromatic nitrogens is 2. The van der Waals surface area contributed by atoms with Gasteiger partial charge >= 0.3 is 18.3 Å². The molecule has 3 aliphatic rings. The molecular weight excluding hydrogens is 693 g/mol. The van der Waals surface area contributed by atoms with Crippen molar-refractivity contribution in [1.29, 1.82) is 0 Å². The maximum atomic E-state index is 13.3. The third-order valence-corrected chi connectivity index (χ3v) is 9.74. The molecule has 4 heterocycles. The van der Waals surface area contributed by atoms with E-state index in [1.165, 1.54) is 6.08 Å². The topological polar surface area (TPSA) is 80.3 Å². The molecule has 1 amide bonds. The molecule has 47 heavy (non-hydrogen) atoms. The van der Waals surface area contributed by atoms with Gasteiger partial charge < -0.3 is 24.0 Å². The van der Waals surface area contributed by atoms with Crippen LogP contribution in [0.3, 0.4) is 0 Å². The Morgan fingerprint density at radius 1 is 1.11 bits per heavy atom. The molecule has 5 rings (SSSR count). The number of halogens is 6. The number of benzene rings is 1. The number of fused-ring (bicyclic) bond motifs is 1. The average molecular weight is 735 g/mol. The minimum absolute atomic E-state index is 0.0198. The molecule has 9 nitrogen and oxygen atoms in total. The van der Waals surface area contributed by atoms with Gasteiger partial charge in [-0.15, -0.1) is 0 Å². The first-order chi connectivity index (χ1) is 22.1. The van der Waals surface area contributed by atoms with Crippen LogP contribution in [0.25, 0.3) is 17.0 Å². The Balaban J connectivity index is 1.42. The summed E-state index contributed by atoms with van der Waals surface area (Å²) >= 11 is 3.39. The number of likely N-dealkylation sites (tertiary alicyclic amines) is 2. The van der Waals surface area contributed by atoms with Crippen LogP contribution >= 0.6 is 15.9 Å². The zero-order chi connectivity index (χ0) is 34.1. The summed E-state index contributed by atoms with van der Waals surface area (Å²) in [5, 5.41) is 0.483. The molecule has 0 N–H and O–H groups in total. The first-order valence-corrected chi connectivity index (χ1v) is 16.6. The molecule has 1 aromatic carbocycles. The highest BCUT2D eigenvalue weighted by molar-refractivity contribution is 9.10. The Labute approximate surface area is 279 Å². The van der Waals surface area contributed by atoms with Crippen molar-refractivity contribution in [2.24, 2.45) is 5.41 Å². The quantitative estimate of drug-likeness (QED) is 0.256. The Morgan fingerprint density at radius 2 is 1.74 bits per heavy atom. The van der Waals surface area contributed by atoms with Crippen LogP contribution in [0, 0.1) is 5.41 Å². The number of nitrogens with zero attached hydrogens (tertiary/aromatic N) is 5. The summed E-state index contributed by atoms with van der Waals surface area (Å²) in [6, 6.07) is 0.948. The van der Waals surface area contributed by atoms with Crippen LogP contribution in [0.1, 0.15) is 52.0 Å². The predicted molar refractivity (Wildman–Crippen MR) is 172 cm³/mol. The normalized spacial score (nSPS) is 19.3. The molecule has 0 atom stereocenters. The Hall–Kier alpha value is -2.94. The maximum absolute atomic E-state index is 13.3. The molecule has 0 radical (unpaired) electrons. The van der Waals surface area contributed by atoms with Crippen molar-refractivity contribution in [1.82, 2.24) is 19.8 Å².